The number of benzene rings is 1. The molecule has 2 nitrogen and oxygen atoms in total. The zero-order chi connectivity index (χ0) is 9.80. The van der Waals surface area contributed by atoms with Gasteiger partial charge in [0.2, 0.25) is 0 Å². The molecule has 1 saturated carbocycles. The van der Waals surface area contributed by atoms with Crippen LogP contribution in [0.15, 0.2) is 24.3 Å². The van der Waals surface area contributed by atoms with Crippen molar-refractivity contribution in [3.8, 4) is 6.07 Å². The molecule has 1 aromatic carbocycles. The van der Waals surface area contributed by atoms with Crippen molar-refractivity contribution in [1.29, 1.82) is 5.26 Å². The van der Waals surface area contributed by atoms with Crippen LogP contribution < -0.4 is 0 Å². The molecule has 14 heavy (non-hydrogen) atoms. The Kier molecular flexibility index (Phi) is 2.81. The fourth-order valence-electron chi connectivity index (χ4n) is 1.43. The van der Waals surface area contributed by atoms with Gasteiger partial charge in [-0.1, -0.05) is 12.1 Å². The maximum Gasteiger partial charge on any atom is 0.0991 e. The van der Waals surface area contributed by atoms with E-state index < -0.39 is 0 Å². The summed E-state index contributed by atoms with van der Waals surface area (Å²) in [5.74, 6) is 0. The van der Waals surface area contributed by atoms with Crippen molar-refractivity contribution < 1.29 is 4.74 Å². The lowest BCUT2D eigenvalue weighted by Gasteiger charge is -2.25. The zero-order valence-corrected chi connectivity index (χ0v) is 8.07. The summed E-state index contributed by atoms with van der Waals surface area (Å²) < 4.78 is 5.65. The summed E-state index contributed by atoms with van der Waals surface area (Å²) in [4.78, 5) is 0. The Bertz CT molecular complexity index is 332. The van der Waals surface area contributed by atoms with Gasteiger partial charge < -0.3 is 4.74 Å². The second kappa shape index (κ2) is 4.26. The van der Waals surface area contributed by atoms with Crippen molar-refractivity contribution in [2.24, 2.45) is 0 Å². The van der Waals surface area contributed by atoms with Gasteiger partial charge in [-0.2, -0.15) is 5.26 Å². The van der Waals surface area contributed by atoms with Crippen LogP contribution >= 0.6 is 0 Å². The maximum absolute atomic E-state index is 8.61. The molecular weight excluding hydrogens is 174 g/mol. The second-order valence-corrected chi connectivity index (χ2v) is 3.67. The molecular formula is C12H13NO. The molecule has 1 fully saturated rings. The van der Waals surface area contributed by atoms with E-state index in [2.05, 4.69) is 6.07 Å². The first-order valence-corrected chi connectivity index (χ1v) is 4.99. The highest BCUT2D eigenvalue weighted by Crippen LogP contribution is 2.23. The number of nitriles is 1. The number of hydrogen-bond donors (Lipinski definition) is 0. The van der Waals surface area contributed by atoms with Crippen molar-refractivity contribution in [2.75, 3.05) is 0 Å². The first-order chi connectivity index (χ1) is 6.88. The van der Waals surface area contributed by atoms with Crippen molar-refractivity contribution >= 4 is 0 Å². The highest BCUT2D eigenvalue weighted by atomic mass is 16.5. The van der Waals surface area contributed by atoms with Crippen LogP contribution in [0.1, 0.15) is 30.4 Å². The predicted octanol–water partition coefficient (Wildman–Crippen LogP) is 2.63. The third-order valence-corrected chi connectivity index (χ3v) is 2.62. The minimum absolute atomic E-state index is 0.477. The minimum atomic E-state index is 0.477. The van der Waals surface area contributed by atoms with E-state index in [9.17, 15) is 0 Å². The summed E-state index contributed by atoms with van der Waals surface area (Å²) in [5.41, 5.74) is 1.85. The van der Waals surface area contributed by atoms with Crippen LogP contribution in [-0.2, 0) is 11.3 Å². The fraction of sp³-hybridized carbons (Fsp3) is 0.417. The van der Waals surface area contributed by atoms with Gasteiger partial charge >= 0.3 is 0 Å². The highest BCUT2D eigenvalue weighted by molar-refractivity contribution is 5.31. The molecule has 72 valence electrons. The van der Waals surface area contributed by atoms with E-state index in [-0.39, 0.29) is 0 Å². The van der Waals surface area contributed by atoms with Gasteiger partial charge in [-0.25, -0.2) is 0 Å². The normalized spacial score (nSPS) is 15.9. The first kappa shape index (κ1) is 9.23. The van der Waals surface area contributed by atoms with E-state index in [0.717, 1.165) is 5.56 Å². The summed E-state index contributed by atoms with van der Waals surface area (Å²) in [7, 11) is 0. The highest BCUT2D eigenvalue weighted by Gasteiger charge is 2.17. The van der Waals surface area contributed by atoms with E-state index in [1.807, 2.05) is 24.3 Å². The lowest BCUT2D eigenvalue weighted by Crippen LogP contribution is -2.21. The van der Waals surface area contributed by atoms with Crippen LogP contribution in [0, 0.1) is 11.3 Å². The lowest BCUT2D eigenvalue weighted by atomic mass is 9.96. The maximum atomic E-state index is 8.61. The van der Waals surface area contributed by atoms with Gasteiger partial charge in [-0.15, -0.1) is 0 Å². The molecule has 0 unspecified atom stereocenters. The summed E-state index contributed by atoms with van der Waals surface area (Å²) >= 11 is 0. The Morgan fingerprint density at radius 3 is 2.50 bits per heavy atom. The Morgan fingerprint density at radius 2 is 2.00 bits per heavy atom. The standard InChI is InChI=1S/C12H13NO/c13-8-10-4-6-11(7-5-10)9-14-12-2-1-3-12/h4-7,12H,1-3,9H2. The molecule has 0 spiro atoms. The molecule has 0 amide bonds. The largest absolute Gasteiger partial charge is 0.374 e. The molecule has 2 heteroatoms. The van der Waals surface area contributed by atoms with Crippen LogP contribution in [0.4, 0.5) is 0 Å². The Morgan fingerprint density at radius 1 is 1.29 bits per heavy atom. The lowest BCUT2D eigenvalue weighted by molar-refractivity contribution is -0.00866. The molecule has 0 N–H and O–H groups in total. The van der Waals surface area contributed by atoms with E-state index in [1.54, 1.807) is 0 Å². The molecule has 0 radical (unpaired) electrons. The van der Waals surface area contributed by atoms with Gasteiger partial charge in [0.15, 0.2) is 0 Å². The third-order valence-electron chi connectivity index (χ3n) is 2.62. The van der Waals surface area contributed by atoms with Crippen LogP contribution in [0.25, 0.3) is 0 Å². The number of ether oxygens (including phenoxy) is 1. The predicted molar refractivity (Wildman–Crippen MR) is 53.6 cm³/mol. The Labute approximate surface area is 84.1 Å². The number of rotatable bonds is 3. The molecule has 0 aromatic heterocycles. The summed E-state index contributed by atoms with van der Waals surface area (Å²) in [6.07, 6.45) is 4.19. The van der Waals surface area contributed by atoms with Crippen LogP contribution in [-0.4, -0.2) is 6.10 Å². The second-order valence-electron chi connectivity index (χ2n) is 3.67. The fourth-order valence-corrected chi connectivity index (χ4v) is 1.43. The quantitative estimate of drug-likeness (QED) is 0.728. The average Bonchev–Trinajstić information content (AvgIpc) is 2.16. The molecule has 0 heterocycles. The summed E-state index contributed by atoms with van der Waals surface area (Å²) in [5, 5.41) is 8.61. The summed E-state index contributed by atoms with van der Waals surface area (Å²) in [6.45, 7) is 0.677. The van der Waals surface area contributed by atoms with Gasteiger partial charge in [-0.3, -0.25) is 0 Å². The van der Waals surface area contributed by atoms with Gasteiger partial charge in [0.25, 0.3) is 0 Å². The monoisotopic (exact) mass is 187 g/mol. The van der Waals surface area contributed by atoms with E-state index in [1.165, 1.54) is 19.3 Å². The zero-order valence-electron chi connectivity index (χ0n) is 8.07. The average molecular weight is 187 g/mol. The topological polar surface area (TPSA) is 33.0 Å². The van der Waals surface area contributed by atoms with E-state index >= 15 is 0 Å². The molecule has 0 bridgehead atoms. The smallest absolute Gasteiger partial charge is 0.0991 e. The van der Waals surface area contributed by atoms with Crippen molar-refractivity contribution in [3.63, 3.8) is 0 Å². The molecule has 1 aliphatic carbocycles. The number of hydrogen-bond acceptors (Lipinski definition) is 2. The molecule has 1 aromatic rings. The van der Waals surface area contributed by atoms with Crippen LogP contribution in [0.2, 0.25) is 0 Å². The Hall–Kier alpha value is -1.33. The SMILES string of the molecule is N#Cc1ccc(COC2CCC2)cc1. The van der Waals surface area contributed by atoms with Gasteiger partial charge in [0, 0.05) is 0 Å². The molecule has 0 aliphatic heterocycles. The third kappa shape index (κ3) is 2.12. The Balaban J connectivity index is 1.86. The van der Waals surface area contributed by atoms with Gasteiger partial charge in [0.1, 0.15) is 0 Å². The van der Waals surface area contributed by atoms with Crippen molar-refractivity contribution in [2.45, 2.75) is 32.0 Å². The molecule has 1 aliphatic rings. The van der Waals surface area contributed by atoms with E-state index in [0.29, 0.717) is 18.3 Å². The van der Waals surface area contributed by atoms with E-state index in [4.69, 9.17) is 10.00 Å². The molecule has 0 saturated heterocycles. The van der Waals surface area contributed by atoms with Gasteiger partial charge in [0.05, 0.1) is 24.3 Å². The van der Waals surface area contributed by atoms with Crippen LogP contribution in [0.5, 0.6) is 0 Å². The first-order valence-electron chi connectivity index (χ1n) is 4.99. The number of nitrogens with zero attached hydrogens (tertiary/aromatic N) is 1. The minimum Gasteiger partial charge on any atom is -0.374 e. The molecule has 2 rings (SSSR count). The van der Waals surface area contributed by atoms with Crippen molar-refractivity contribution in [1.82, 2.24) is 0 Å². The van der Waals surface area contributed by atoms with Crippen LogP contribution in [0.3, 0.4) is 0 Å². The van der Waals surface area contributed by atoms with Crippen molar-refractivity contribution in [3.05, 3.63) is 35.4 Å². The molecule has 0 atom stereocenters. The van der Waals surface area contributed by atoms with Gasteiger partial charge in [-0.05, 0) is 37.0 Å². The summed E-state index contributed by atoms with van der Waals surface area (Å²) in [6, 6.07) is 9.68.